The van der Waals surface area contributed by atoms with Gasteiger partial charge in [-0.05, 0) is 39.6 Å². The number of rotatable bonds is 1. The van der Waals surface area contributed by atoms with Crippen molar-refractivity contribution in [1.29, 1.82) is 0 Å². The van der Waals surface area contributed by atoms with Crippen LogP contribution in [0.5, 0.6) is 0 Å². The molecule has 2 aromatic heterocycles. The van der Waals surface area contributed by atoms with Crippen LogP contribution in [0.4, 0.5) is 0 Å². The van der Waals surface area contributed by atoms with E-state index in [1.165, 1.54) is 4.68 Å². The van der Waals surface area contributed by atoms with Crippen molar-refractivity contribution < 1.29 is 0 Å². The van der Waals surface area contributed by atoms with Crippen molar-refractivity contribution in [3.63, 3.8) is 0 Å². The average Bonchev–Trinajstić information content (AvgIpc) is 2.62. The molecule has 4 nitrogen and oxygen atoms in total. The maximum absolute atomic E-state index is 5.67. The first-order chi connectivity index (χ1) is 6.20. The molecule has 0 spiro atoms. The summed E-state index contributed by atoms with van der Waals surface area (Å²) in [7, 11) is 0. The lowest BCUT2D eigenvalue weighted by molar-refractivity contribution is 0.986. The minimum absolute atomic E-state index is 0.412. The fourth-order valence-electron chi connectivity index (χ4n) is 0.918. The summed E-state index contributed by atoms with van der Waals surface area (Å²) < 4.78 is 2.74. The van der Waals surface area contributed by atoms with Crippen LogP contribution in [-0.4, -0.2) is 14.9 Å². The van der Waals surface area contributed by atoms with Gasteiger partial charge in [-0.2, -0.15) is 5.10 Å². The summed E-state index contributed by atoms with van der Waals surface area (Å²) in [5, 5.41) is 8.60. The fourth-order valence-corrected chi connectivity index (χ4v) is 2.59. The molecule has 0 aliphatic rings. The van der Waals surface area contributed by atoms with Crippen LogP contribution >= 0.6 is 39.5 Å². The van der Waals surface area contributed by atoms with E-state index in [1.807, 2.05) is 11.4 Å². The van der Waals surface area contributed by atoms with E-state index >= 15 is 0 Å². The zero-order chi connectivity index (χ0) is 9.42. The van der Waals surface area contributed by atoms with Crippen molar-refractivity contribution in [2.75, 3.05) is 5.84 Å². The lowest BCUT2D eigenvalue weighted by Crippen LogP contribution is -2.09. The Balaban J connectivity index is 2.65. The minimum Gasteiger partial charge on any atom is -0.335 e. The molecule has 3 N–H and O–H groups in total. The van der Waals surface area contributed by atoms with Crippen LogP contribution in [0, 0.1) is 4.77 Å². The number of aromatic amines is 1. The van der Waals surface area contributed by atoms with E-state index in [4.69, 9.17) is 18.1 Å². The Kier molecular flexibility index (Phi) is 2.22. The van der Waals surface area contributed by atoms with Crippen molar-refractivity contribution in [2.45, 2.75) is 0 Å². The third-order valence-corrected chi connectivity index (χ3v) is 3.65. The summed E-state index contributed by atoms with van der Waals surface area (Å²) >= 11 is 9.85. The molecule has 0 unspecified atom stereocenters. The monoisotopic (exact) mass is 276 g/mol. The van der Waals surface area contributed by atoms with Gasteiger partial charge in [0.15, 0.2) is 5.82 Å². The van der Waals surface area contributed by atoms with Gasteiger partial charge in [0.25, 0.3) is 0 Å². The molecule has 0 bridgehead atoms. The number of nitrogens with zero attached hydrogens (tertiary/aromatic N) is 2. The molecule has 0 radical (unpaired) electrons. The van der Waals surface area contributed by atoms with Crippen molar-refractivity contribution in [2.24, 2.45) is 0 Å². The summed E-state index contributed by atoms with van der Waals surface area (Å²) in [6, 6.07) is 1.94. The molecule has 2 rings (SSSR count). The highest BCUT2D eigenvalue weighted by molar-refractivity contribution is 9.10. The van der Waals surface area contributed by atoms with Crippen LogP contribution in [0.3, 0.4) is 0 Å². The van der Waals surface area contributed by atoms with Gasteiger partial charge >= 0.3 is 0 Å². The van der Waals surface area contributed by atoms with Gasteiger partial charge in [-0.25, -0.2) is 9.77 Å². The molecule has 0 saturated heterocycles. The molecule has 0 aromatic carbocycles. The van der Waals surface area contributed by atoms with Gasteiger partial charge in [0.2, 0.25) is 4.77 Å². The Hall–Kier alpha value is -0.660. The van der Waals surface area contributed by atoms with Gasteiger partial charge in [0, 0.05) is 4.47 Å². The van der Waals surface area contributed by atoms with E-state index in [2.05, 4.69) is 26.1 Å². The Bertz CT molecular complexity index is 483. The highest BCUT2D eigenvalue weighted by Crippen LogP contribution is 2.31. The molecular formula is C6H5BrN4S2. The van der Waals surface area contributed by atoms with E-state index in [0.29, 0.717) is 10.6 Å². The Morgan fingerprint density at radius 2 is 2.46 bits per heavy atom. The number of aromatic nitrogens is 3. The lowest BCUT2D eigenvalue weighted by atomic mass is 10.4. The third-order valence-electron chi connectivity index (χ3n) is 1.52. The first-order valence-corrected chi connectivity index (χ1v) is 5.44. The summed E-state index contributed by atoms with van der Waals surface area (Å²) in [5.74, 6) is 6.31. The van der Waals surface area contributed by atoms with Gasteiger partial charge in [-0.1, -0.05) is 0 Å². The number of thiophene rings is 1. The maximum atomic E-state index is 5.67. The van der Waals surface area contributed by atoms with Gasteiger partial charge in [-0.3, -0.25) is 0 Å². The molecule has 0 aliphatic carbocycles. The highest BCUT2D eigenvalue weighted by atomic mass is 79.9. The molecule has 0 aliphatic heterocycles. The van der Waals surface area contributed by atoms with Crippen LogP contribution in [0.2, 0.25) is 0 Å². The van der Waals surface area contributed by atoms with E-state index in [1.54, 1.807) is 11.3 Å². The van der Waals surface area contributed by atoms with Gasteiger partial charge in [0.05, 0.1) is 4.88 Å². The molecule has 0 fully saturated rings. The van der Waals surface area contributed by atoms with E-state index in [0.717, 1.165) is 9.35 Å². The molecular weight excluding hydrogens is 272 g/mol. The molecule has 0 amide bonds. The number of hydrogen-bond acceptors (Lipinski definition) is 4. The number of nitrogens with two attached hydrogens (primary N) is 1. The smallest absolute Gasteiger partial charge is 0.214 e. The summed E-state index contributed by atoms with van der Waals surface area (Å²) in [5.41, 5.74) is 0. The Labute approximate surface area is 91.5 Å². The topological polar surface area (TPSA) is 59.6 Å². The van der Waals surface area contributed by atoms with Crippen molar-refractivity contribution in [3.05, 3.63) is 20.7 Å². The molecule has 13 heavy (non-hydrogen) atoms. The molecule has 2 heterocycles. The summed E-state index contributed by atoms with van der Waals surface area (Å²) in [6.07, 6.45) is 0. The lowest BCUT2D eigenvalue weighted by Gasteiger charge is -1.96. The zero-order valence-electron chi connectivity index (χ0n) is 6.32. The molecule has 0 saturated carbocycles. The quantitative estimate of drug-likeness (QED) is 0.620. The van der Waals surface area contributed by atoms with Crippen molar-refractivity contribution in [1.82, 2.24) is 14.9 Å². The van der Waals surface area contributed by atoms with E-state index in [9.17, 15) is 0 Å². The maximum Gasteiger partial charge on any atom is 0.214 e. The minimum atomic E-state index is 0.412. The largest absolute Gasteiger partial charge is 0.335 e. The fraction of sp³-hybridized carbons (Fsp3) is 0. The Morgan fingerprint density at radius 3 is 2.92 bits per heavy atom. The third kappa shape index (κ3) is 1.43. The van der Waals surface area contributed by atoms with Crippen LogP contribution in [0.15, 0.2) is 15.9 Å². The molecule has 7 heteroatoms. The molecule has 0 atom stereocenters. The second kappa shape index (κ2) is 3.24. The van der Waals surface area contributed by atoms with Gasteiger partial charge in [-0.15, -0.1) is 11.3 Å². The van der Waals surface area contributed by atoms with Crippen LogP contribution in [0.25, 0.3) is 10.7 Å². The van der Waals surface area contributed by atoms with Crippen LogP contribution in [-0.2, 0) is 0 Å². The predicted octanol–water partition coefficient (Wildman–Crippen LogP) is 2.15. The Morgan fingerprint density at radius 1 is 1.69 bits per heavy atom. The number of halogens is 1. The number of H-pyrrole nitrogens is 1. The van der Waals surface area contributed by atoms with Crippen molar-refractivity contribution in [3.8, 4) is 10.7 Å². The van der Waals surface area contributed by atoms with Crippen molar-refractivity contribution >= 4 is 39.5 Å². The molecule has 2 aromatic rings. The average molecular weight is 277 g/mol. The van der Waals surface area contributed by atoms with Gasteiger partial charge < -0.3 is 5.84 Å². The second-order valence-electron chi connectivity index (χ2n) is 2.32. The second-order valence-corrected chi connectivity index (χ2v) is 4.48. The van der Waals surface area contributed by atoms with E-state index < -0.39 is 0 Å². The number of nitrogens with one attached hydrogen (secondary N) is 1. The normalized spacial score (nSPS) is 10.5. The first kappa shape index (κ1) is 8.92. The zero-order valence-corrected chi connectivity index (χ0v) is 9.54. The highest BCUT2D eigenvalue weighted by Gasteiger charge is 2.10. The first-order valence-electron chi connectivity index (χ1n) is 3.36. The van der Waals surface area contributed by atoms with E-state index in [-0.39, 0.29) is 0 Å². The van der Waals surface area contributed by atoms with Crippen LogP contribution in [0.1, 0.15) is 0 Å². The van der Waals surface area contributed by atoms with Crippen LogP contribution < -0.4 is 5.84 Å². The predicted molar refractivity (Wildman–Crippen MR) is 58.6 cm³/mol. The van der Waals surface area contributed by atoms with Gasteiger partial charge in [0.1, 0.15) is 0 Å². The number of hydrogen-bond donors (Lipinski definition) is 2. The number of nitrogen functional groups attached to an aromatic ring is 1. The summed E-state index contributed by atoms with van der Waals surface area (Å²) in [6.45, 7) is 0. The summed E-state index contributed by atoms with van der Waals surface area (Å²) in [4.78, 5) is 0.967. The standard InChI is InChI=1S/C6H5BrN4S2/c7-3-1-2-13-4(3)5-9-10-6(12)11(5)8/h1-2H,8H2,(H,10,12). The molecule has 68 valence electrons. The SMILES string of the molecule is Nn1c(-c2sccc2Br)n[nH]c1=S.